The van der Waals surface area contributed by atoms with Crippen LogP contribution in [0.4, 0.5) is 4.39 Å². The molecule has 2 fully saturated rings. The van der Waals surface area contributed by atoms with Crippen LogP contribution in [0.15, 0.2) is 47.4 Å². The SMILES string of the molecule is COc1ccc(C)cc1S(=O)(=O)N1CCN(CC(=O)N2CCCCOC[C@@H](O)[C@@H](O)[C@H](OC)CN(C(=O)c3ccccc3F)C[C@H]2CC(C)C)CC1. The number of hydrogen-bond acceptors (Lipinski definition) is 10. The number of benzene rings is 2. The first-order chi connectivity index (χ1) is 24.8. The number of nitrogens with zero attached hydrogens (tertiary/aromatic N) is 4. The van der Waals surface area contributed by atoms with Gasteiger partial charge in [0.15, 0.2) is 0 Å². The first-order valence-corrected chi connectivity index (χ1v) is 19.4. The third kappa shape index (κ3) is 10.7. The molecule has 290 valence electrons. The number of ether oxygens (including phenoxy) is 3. The summed E-state index contributed by atoms with van der Waals surface area (Å²) >= 11 is 0. The minimum absolute atomic E-state index is 0.0284. The number of methoxy groups -OCH3 is 2. The molecule has 0 aromatic heterocycles. The Bertz CT molecular complexity index is 1590. The molecule has 2 heterocycles. The lowest BCUT2D eigenvalue weighted by molar-refractivity contribution is -0.136. The maximum atomic E-state index is 15.0. The molecule has 0 radical (unpaired) electrons. The van der Waals surface area contributed by atoms with Crippen molar-refractivity contribution in [1.82, 2.24) is 19.0 Å². The van der Waals surface area contributed by atoms with Crippen molar-refractivity contribution in [3.63, 3.8) is 0 Å². The molecule has 0 aliphatic carbocycles. The Labute approximate surface area is 307 Å². The van der Waals surface area contributed by atoms with Crippen LogP contribution in [0.25, 0.3) is 0 Å². The number of piperazine rings is 1. The van der Waals surface area contributed by atoms with E-state index in [4.69, 9.17) is 14.2 Å². The van der Waals surface area contributed by atoms with E-state index in [1.54, 1.807) is 29.2 Å². The number of sulfonamides is 1. The number of rotatable bonds is 9. The quantitative estimate of drug-likeness (QED) is 0.392. The molecule has 4 rings (SSSR count). The molecule has 0 unspecified atom stereocenters. The average Bonchev–Trinajstić information content (AvgIpc) is 3.11. The average molecular weight is 751 g/mol. The summed E-state index contributed by atoms with van der Waals surface area (Å²) in [7, 11) is -1.04. The topological polar surface area (TPSA) is 149 Å². The number of hydrogen-bond donors (Lipinski definition) is 2. The normalized spacial score (nSPS) is 23.7. The molecule has 2 amide bonds. The van der Waals surface area contributed by atoms with Crippen LogP contribution in [0.2, 0.25) is 0 Å². The highest BCUT2D eigenvalue weighted by Crippen LogP contribution is 2.29. The highest BCUT2D eigenvalue weighted by atomic mass is 32.2. The fourth-order valence-electron chi connectivity index (χ4n) is 6.77. The Morgan fingerprint density at radius 2 is 1.71 bits per heavy atom. The third-order valence-corrected chi connectivity index (χ3v) is 11.6. The minimum Gasteiger partial charge on any atom is -0.495 e. The highest BCUT2D eigenvalue weighted by Gasteiger charge is 2.36. The number of amides is 2. The summed E-state index contributed by atoms with van der Waals surface area (Å²) in [5.41, 5.74) is 0.637. The zero-order valence-electron chi connectivity index (χ0n) is 30.9. The summed E-state index contributed by atoms with van der Waals surface area (Å²) in [5.74, 6) is -1.12. The van der Waals surface area contributed by atoms with Crippen LogP contribution >= 0.6 is 0 Å². The maximum Gasteiger partial charge on any atom is 0.256 e. The summed E-state index contributed by atoms with van der Waals surface area (Å²) in [5, 5.41) is 21.6. The van der Waals surface area contributed by atoms with Crippen molar-refractivity contribution in [2.24, 2.45) is 5.92 Å². The van der Waals surface area contributed by atoms with Gasteiger partial charge in [0.2, 0.25) is 15.9 Å². The Morgan fingerprint density at radius 3 is 2.37 bits per heavy atom. The molecule has 2 aromatic carbocycles. The van der Waals surface area contributed by atoms with Gasteiger partial charge < -0.3 is 34.2 Å². The molecule has 2 saturated heterocycles. The van der Waals surface area contributed by atoms with E-state index in [2.05, 4.69) is 0 Å². The number of aliphatic hydroxyl groups is 2. The summed E-state index contributed by atoms with van der Waals surface area (Å²) < 4.78 is 60.2. The van der Waals surface area contributed by atoms with Gasteiger partial charge in [-0.3, -0.25) is 14.5 Å². The monoisotopic (exact) mass is 750 g/mol. The second-order valence-corrected chi connectivity index (χ2v) is 15.9. The van der Waals surface area contributed by atoms with Gasteiger partial charge in [-0.25, -0.2) is 12.8 Å². The lowest BCUT2D eigenvalue weighted by Crippen LogP contribution is -2.56. The molecule has 0 spiro atoms. The van der Waals surface area contributed by atoms with Crippen LogP contribution in [0, 0.1) is 18.7 Å². The van der Waals surface area contributed by atoms with E-state index in [0.717, 1.165) is 5.56 Å². The van der Waals surface area contributed by atoms with E-state index < -0.39 is 46.1 Å². The largest absolute Gasteiger partial charge is 0.495 e. The van der Waals surface area contributed by atoms with Gasteiger partial charge in [-0.15, -0.1) is 0 Å². The number of aryl methyl sites for hydroxylation is 1. The van der Waals surface area contributed by atoms with E-state index >= 15 is 0 Å². The molecule has 4 atom stereocenters. The van der Waals surface area contributed by atoms with Crippen LogP contribution < -0.4 is 4.74 Å². The second kappa shape index (κ2) is 19.2. The van der Waals surface area contributed by atoms with Gasteiger partial charge >= 0.3 is 0 Å². The molecular formula is C37H55FN4O9S. The van der Waals surface area contributed by atoms with Crippen LogP contribution in [-0.2, 0) is 24.3 Å². The van der Waals surface area contributed by atoms with Gasteiger partial charge in [-0.1, -0.05) is 32.0 Å². The van der Waals surface area contributed by atoms with Crippen LogP contribution in [0.1, 0.15) is 49.0 Å². The van der Waals surface area contributed by atoms with E-state index in [1.165, 1.54) is 41.6 Å². The third-order valence-electron chi connectivity index (χ3n) is 9.66. The van der Waals surface area contributed by atoms with E-state index in [9.17, 15) is 32.6 Å². The summed E-state index contributed by atoms with van der Waals surface area (Å²) in [6.45, 7) is 7.32. The number of carbonyl (C=O) groups excluding carboxylic acids is 2. The first kappa shape index (κ1) is 41.6. The zero-order valence-corrected chi connectivity index (χ0v) is 31.8. The Hall–Kier alpha value is -3.18. The lowest BCUT2D eigenvalue weighted by atomic mass is 9.99. The van der Waals surface area contributed by atoms with Crippen LogP contribution in [0.5, 0.6) is 5.75 Å². The predicted octanol–water partition coefficient (Wildman–Crippen LogP) is 2.38. The van der Waals surface area contributed by atoms with Crippen molar-refractivity contribution in [3.05, 3.63) is 59.4 Å². The highest BCUT2D eigenvalue weighted by molar-refractivity contribution is 7.89. The van der Waals surface area contributed by atoms with Crippen LogP contribution in [0.3, 0.4) is 0 Å². The fraction of sp³-hybridized carbons (Fsp3) is 0.622. The molecule has 0 bridgehead atoms. The Balaban J connectivity index is 1.58. The van der Waals surface area contributed by atoms with Crippen LogP contribution in [-0.4, -0.2) is 154 Å². The van der Waals surface area contributed by atoms with Crippen molar-refractivity contribution in [1.29, 1.82) is 0 Å². The zero-order chi connectivity index (χ0) is 38.0. The smallest absolute Gasteiger partial charge is 0.256 e. The molecule has 2 aliphatic heterocycles. The standard InChI is InChI=1S/C37H55FN4O9S/c1-26(2)20-28-22-40(37(46)29-10-6-7-11-30(29)38)23-33(50-5)36(45)31(43)25-51-19-9-8-14-42(28)35(44)24-39-15-17-41(18-16-39)52(47,48)34-21-27(3)12-13-32(34)49-4/h6-7,10-13,21,26,28,31,33,36,43,45H,8-9,14-20,22-25H2,1-5H3/t28-,31-,33-,36-/m1/s1. The van der Waals surface area contributed by atoms with Crippen molar-refractivity contribution in [3.8, 4) is 5.75 Å². The maximum absolute atomic E-state index is 15.0. The fourth-order valence-corrected chi connectivity index (χ4v) is 8.43. The molecule has 2 aliphatic rings. The number of halogens is 1. The molecule has 2 N–H and O–H groups in total. The van der Waals surface area contributed by atoms with E-state index in [0.29, 0.717) is 45.5 Å². The van der Waals surface area contributed by atoms with Crippen molar-refractivity contribution in [2.45, 2.75) is 69.3 Å². The molecule has 0 saturated carbocycles. The number of carbonyl (C=O) groups is 2. The summed E-state index contributed by atoms with van der Waals surface area (Å²) in [6.07, 6.45) is -2.04. The summed E-state index contributed by atoms with van der Waals surface area (Å²) in [6, 6.07) is 10.2. The minimum atomic E-state index is -3.84. The van der Waals surface area contributed by atoms with E-state index in [1.807, 2.05) is 25.7 Å². The molecular weight excluding hydrogens is 695 g/mol. The van der Waals surface area contributed by atoms with Crippen molar-refractivity contribution >= 4 is 21.8 Å². The van der Waals surface area contributed by atoms with Gasteiger partial charge in [0, 0.05) is 65.6 Å². The van der Waals surface area contributed by atoms with Gasteiger partial charge in [-0.2, -0.15) is 4.31 Å². The van der Waals surface area contributed by atoms with E-state index in [-0.39, 0.29) is 67.4 Å². The number of aliphatic hydroxyl groups excluding tert-OH is 2. The second-order valence-electron chi connectivity index (χ2n) is 14.0. The predicted molar refractivity (Wildman–Crippen MR) is 193 cm³/mol. The van der Waals surface area contributed by atoms with Gasteiger partial charge in [0.25, 0.3) is 5.91 Å². The van der Waals surface area contributed by atoms with Gasteiger partial charge in [0.05, 0.1) is 25.8 Å². The summed E-state index contributed by atoms with van der Waals surface area (Å²) in [4.78, 5) is 33.5. The Kier molecular flexibility index (Phi) is 15.4. The van der Waals surface area contributed by atoms with Gasteiger partial charge in [0.1, 0.15) is 34.8 Å². The molecule has 13 nitrogen and oxygen atoms in total. The Morgan fingerprint density at radius 1 is 1.00 bits per heavy atom. The van der Waals surface area contributed by atoms with Gasteiger partial charge in [-0.05, 0) is 61.9 Å². The molecule has 52 heavy (non-hydrogen) atoms. The van der Waals surface area contributed by atoms with Crippen molar-refractivity contribution in [2.75, 3.05) is 79.8 Å². The first-order valence-electron chi connectivity index (χ1n) is 17.9. The lowest BCUT2D eigenvalue weighted by Gasteiger charge is -2.40. The molecule has 2 aromatic rings. The van der Waals surface area contributed by atoms with Crippen molar-refractivity contribution < 1.29 is 46.8 Å². The molecule has 15 heteroatoms.